The van der Waals surface area contributed by atoms with Gasteiger partial charge in [0.05, 0.1) is 11.5 Å². The van der Waals surface area contributed by atoms with Gasteiger partial charge in [-0.25, -0.2) is 9.97 Å². The highest BCUT2D eigenvalue weighted by molar-refractivity contribution is 5.78. The van der Waals surface area contributed by atoms with Crippen LogP contribution in [0.5, 0.6) is 5.75 Å². The number of nitrogens with zero attached hydrogens (tertiary/aromatic N) is 2. The first-order valence-electron chi connectivity index (χ1n) is 15.3. The molecule has 0 unspecified atom stereocenters. The molecule has 4 nitrogen and oxygen atoms in total. The highest BCUT2D eigenvalue weighted by atomic mass is 16.5. The molecule has 0 bridgehead atoms. The van der Waals surface area contributed by atoms with E-state index in [-0.39, 0.29) is 11.9 Å². The fourth-order valence-corrected chi connectivity index (χ4v) is 5.56. The molecule has 4 heteroatoms. The molecule has 1 aliphatic carbocycles. The topological polar surface area (TPSA) is 52.1 Å². The first-order chi connectivity index (χ1) is 18.2. The van der Waals surface area contributed by atoms with Gasteiger partial charge in [0.25, 0.3) is 0 Å². The van der Waals surface area contributed by atoms with Gasteiger partial charge in [-0.3, -0.25) is 4.79 Å². The van der Waals surface area contributed by atoms with Gasteiger partial charge in [-0.2, -0.15) is 0 Å². The van der Waals surface area contributed by atoms with Crippen LogP contribution in [-0.4, -0.2) is 15.9 Å². The number of hydrogen-bond acceptors (Lipinski definition) is 4. The second-order valence-corrected chi connectivity index (χ2v) is 11.1. The number of carbonyl (C=O) groups is 1. The smallest absolute Gasteiger partial charge is 0.314 e. The first-order valence-corrected chi connectivity index (χ1v) is 15.3. The van der Waals surface area contributed by atoms with Crippen LogP contribution in [0.25, 0.3) is 11.4 Å². The van der Waals surface area contributed by atoms with E-state index in [0.29, 0.717) is 11.6 Å². The maximum absolute atomic E-state index is 13.0. The van der Waals surface area contributed by atoms with Gasteiger partial charge in [-0.15, -0.1) is 0 Å². The molecule has 204 valence electrons. The molecular formula is C33H50N2O2. The van der Waals surface area contributed by atoms with Crippen molar-refractivity contribution in [3.05, 3.63) is 42.2 Å². The normalized spacial score (nSPS) is 17.6. The molecule has 1 aliphatic rings. The van der Waals surface area contributed by atoms with Crippen molar-refractivity contribution in [3.8, 4) is 17.1 Å². The third kappa shape index (κ3) is 10.6. The van der Waals surface area contributed by atoms with E-state index < -0.39 is 0 Å². The summed E-state index contributed by atoms with van der Waals surface area (Å²) in [4.78, 5) is 22.2. The van der Waals surface area contributed by atoms with E-state index in [2.05, 4.69) is 23.8 Å². The predicted octanol–water partition coefficient (Wildman–Crippen LogP) is 9.51. The van der Waals surface area contributed by atoms with Crippen LogP contribution in [0.4, 0.5) is 0 Å². The van der Waals surface area contributed by atoms with E-state index >= 15 is 0 Å². The molecule has 1 fully saturated rings. The Bertz CT molecular complexity index is 887. The summed E-state index contributed by atoms with van der Waals surface area (Å²) in [5.41, 5.74) is 1.97. The van der Waals surface area contributed by atoms with E-state index in [1.807, 2.05) is 36.7 Å². The summed E-state index contributed by atoms with van der Waals surface area (Å²) < 4.78 is 5.92. The van der Waals surface area contributed by atoms with Gasteiger partial charge in [0.1, 0.15) is 5.75 Å². The standard InChI is InChI=1S/C33H50N2O2/c1-3-5-7-8-9-10-11-12-14-18-28-25-34-32(35-26-28)30-19-15-16-20-31(30)37-33(36)29-23-21-27(22-24-29)17-13-6-4-2/h15-16,19-20,25-27,29H,3-14,17-18,21-24H2,1-2H3. The lowest BCUT2D eigenvalue weighted by Gasteiger charge is -2.27. The van der Waals surface area contributed by atoms with Crippen molar-refractivity contribution in [1.29, 1.82) is 0 Å². The number of para-hydroxylation sites is 1. The lowest BCUT2D eigenvalue weighted by atomic mass is 9.80. The molecule has 1 saturated carbocycles. The summed E-state index contributed by atoms with van der Waals surface area (Å²) in [6.45, 7) is 4.52. The highest BCUT2D eigenvalue weighted by Crippen LogP contribution is 2.34. The minimum atomic E-state index is -0.0959. The zero-order chi connectivity index (χ0) is 26.1. The van der Waals surface area contributed by atoms with Crippen LogP contribution in [0.2, 0.25) is 0 Å². The fraction of sp³-hybridized carbons (Fsp3) is 0.667. The Hall–Kier alpha value is -2.23. The Labute approximate surface area is 226 Å². The summed E-state index contributed by atoms with van der Waals surface area (Å²) in [6.07, 6.45) is 26.3. The van der Waals surface area contributed by atoms with Gasteiger partial charge in [0.15, 0.2) is 5.82 Å². The molecule has 3 rings (SSSR count). The molecule has 0 radical (unpaired) electrons. The van der Waals surface area contributed by atoms with Crippen molar-refractivity contribution in [1.82, 2.24) is 9.97 Å². The number of aromatic nitrogens is 2. The Kier molecular flexibility index (Phi) is 13.7. The average molecular weight is 507 g/mol. The number of benzene rings is 1. The molecule has 2 aromatic rings. The number of unbranched alkanes of at least 4 members (excludes halogenated alkanes) is 10. The van der Waals surface area contributed by atoms with Gasteiger partial charge < -0.3 is 4.74 Å². The first kappa shape index (κ1) is 29.3. The van der Waals surface area contributed by atoms with Gasteiger partial charge in [-0.1, -0.05) is 103 Å². The van der Waals surface area contributed by atoms with E-state index in [9.17, 15) is 4.79 Å². The zero-order valence-electron chi connectivity index (χ0n) is 23.6. The van der Waals surface area contributed by atoms with Crippen LogP contribution in [0.3, 0.4) is 0 Å². The third-order valence-corrected chi connectivity index (χ3v) is 8.01. The average Bonchev–Trinajstić information content (AvgIpc) is 2.93. The van der Waals surface area contributed by atoms with Gasteiger partial charge in [0.2, 0.25) is 0 Å². The maximum Gasteiger partial charge on any atom is 0.314 e. The summed E-state index contributed by atoms with van der Waals surface area (Å²) >= 11 is 0. The number of rotatable bonds is 17. The second kappa shape index (κ2) is 17.3. The number of carbonyl (C=O) groups excluding carboxylic acids is 1. The van der Waals surface area contributed by atoms with Crippen LogP contribution < -0.4 is 4.74 Å². The van der Waals surface area contributed by atoms with Crippen LogP contribution in [0.1, 0.15) is 129 Å². The van der Waals surface area contributed by atoms with Crippen LogP contribution in [0, 0.1) is 11.8 Å². The molecular weight excluding hydrogens is 456 g/mol. The molecule has 0 amide bonds. The minimum absolute atomic E-state index is 0.00937. The summed E-state index contributed by atoms with van der Waals surface area (Å²) in [7, 11) is 0. The Balaban J connectivity index is 1.43. The predicted molar refractivity (Wildman–Crippen MR) is 154 cm³/mol. The second-order valence-electron chi connectivity index (χ2n) is 11.1. The number of esters is 1. The summed E-state index contributed by atoms with van der Waals surface area (Å²) in [5, 5.41) is 0. The van der Waals surface area contributed by atoms with Crippen LogP contribution in [0.15, 0.2) is 36.7 Å². The van der Waals surface area contributed by atoms with Gasteiger partial charge in [-0.05, 0) is 62.1 Å². The van der Waals surface area contributed by atoms with E-state index in [1.165, 1.54) is 89.0 Å². The maximum atomic E-state index is 13.0. The molecule has 0 atom stereocenters. The molecule has 0 saturated heterocycles. The summed E-state index contributed by atoms with van der Waals surface area (Å²) in [5.74, 6) is 1.89. The van der Waals surface area contributed by atoms with Crippen LogP contribution in [-0.2, 0) is 11.2 Å². The monoisotopic (exact) mass is 506 g/mol. The molecule has 37 heavy (non-hydrogen) atoms. The number of hydrogen-bond donors (Lipinski definition) is 0. The van der Waals surface area contributed by atoms with Crippen molar-refractivity contribution in [2.24, 2.45) is 11.8 Å². The molecule has 0 N–H and O–H groups in total. The molecule has 1 aromatic carbocycles. The lowest BCUT2D eigenvalue weighted by molar-refractivity contribution is -0.140. The van der Waals surface area contributed by atoms with Gasteiger partial charge in [0, 0.05) is 12.4 Å². The van der Waals surface area contributed by atoms with E-state index in [4.69, 9.17) is 4.74 Å². The fourth-order valence-electron chi connectivity index (χ4n) is 5.56. The molecule has 0 aliphatic heterocycles. The SMILES string of the molecule is CCCCCCCCCCCc1cnc(-c2ccccc2OC(=O)C2CCC(CCCCC)CC2)nc1. The summed E-state index contributed by atoms with van der Waals surface area (Å²) in [6, 6.07) is 7.68. The lowest BCUT2D eigenvalue weighted by Crippen LogP contribution is -2.26. The van der Waals surface area contributed by atoms with Crippen molar-refractivity contribution in [2.45, 2.75) is 129 Å². The van der Waals surface area contributed by atoms with Crippen molar-refractivity contribution < 1.29 is 9.53 Å². The Morgan fingerprint density at radius 2 is 1.38 bits per heavy atom. The Morgan fingerprint density at radius 3 is 2.05 bits per heavy atom. The largest absolute Gasteiger partial charge is 0.426 e. The van der Waals surface area contributed by atoms with E-state index in [1.54, 1.807) is 0 Å². The number of aryl methyl sites for hydroxylation is 1. The molecule has 1 heterocycles. The molecule has 1 aromatic heterocycles. The van der Waals surface area contributed by atoms with Crippen molar-refractivity contribution >= 4 is 5.97 Å². The van der Waals surface area contributed by atoms with Crippen molar-refractivity contribution in [3.63, 3.8) is 0 Å². The highest BCUT2D eigenvalue weighted by Gasteiger charge is 2.28. The zero-order valence-corrected chi connectivity index (χ0v) is 23.6. The molecule has 0 spiro atoms. The quantitative estimate of drug-likeness (QED) is 0.122. The minimum Gasteiger partial charge on any atom is -0.426 e. The van der Waals surface area contributed by atoms with Gasteiger partial charge >= 0.3 is 5.97 Å². The van der Waals surface area contributed by atoms with Crippen molar-refractivity contribution in [2.75, 3.05) is 0 Å². The third-order valence-electron chi connectivity index (χ3n) is 8.01. The Morgan fingerprint density at radius 1 is 0.784 bits per heavy atom. The van der Waals surface area contributed by atoms with Crippen LogP contribution >= 0.6 is 0 Å². The number of ether oxygens (including phenoxy) is 1. The van der Waals surface area contributed by atoms with E-state index in [0.717, 1.165) is 43.6 Å².